The smallest absolute Gasteiger partial charge is 0.245 e. The van der Waals surface area contributed by atoms with E-state index >= 15 is 0 Å². The van der Waals surface area contributed by atoms with Gasteiger partial charge in [0, 0.05) is 13.0 Å². The normalized spacial score (nSPS) is 22.4. The van der Waals surface area contributed by atoms with Crippen LogP contribution in [0.4, 0.5) is 0 Å². The second-order valence-corrected chi connectivity index (χ2v) is 17.2. The van der Waals surface area contributed by atoms with Gasteiger partial charge < -0.3 is 80.4 Å². The first kappa shape index (κ1) is 60.7. The number of unbranched alkanes of at least 4 members (excludes halogenated alkanes) is 9. The number of carbonyl (C=O) groups is 12. The molecule has 0 aromatic heterocycles. The van der Waals surface area contributed by atoms with Gasteiger partial charge >= 0.3 is 0 Å². The Labute approximate surface area is 415 Å². The summed E-state index contributed by atoms with van der Waals surface area (Å²) < 4.78 is 0. The van der Waals surface area contributed by atoms with Crippen LogP contribution in [0, 0.1) is 0 Å². The number of primary amides is 3. The first-order valence-corrected chi connectivity index (χ1v) is 23.7. The van der Waals surface area contributed by atoms with Gasteiger partial charge in [-0.3, -0.25) is 57.5 Å². The monoisotopic (exact) mass is 1020 g/mol. The number of hydrogen-bond acceptors (Lipinski definition) is 15. The Hall–Kier alpha value is -7.42. The second-order valence-electron chi connectivity index (χ2n) is 17.2. The highest BCUT2D eigenvalue weighted by atomic mass is 16.3. The van der Waals surface area contributed by atoms with Crippen molar-refractivity contribution in [2.24, 2.45) is 17.2 Å². The zero-order valence-electron chi connectivity index (χ0n) is 40.3. The van der Waals surface area contributed by atoms with Crippen molar-refractivity contribution >= 4 is 70.9 Å². The molecule has 0 radical (unpaired) electrons. The molecule has 0 aliphatic carbocycles. The minimum atomic E-state index is -1.95. The number of nitrogens with one attached hydrogen (secondary N) is 9. The lowest BCUT2D eigenvalue weighted by atomic mass is 10.0. The van der Waals surface area contributed by atoms with Gasteiger partial charge in [0.1, 0.15) is 48.0 Å². The molecular formula is C45H70N12O15. The van der Waals surface area contributed by atoms with E-state index in [4.69, 9.17) is 17.2 Å². The maximum atomic E-state index is 13.9. The summed E-state index contributed by atoms with van der Waals surface area (Å²) in [6, 6.07) is -7.58. The van der Waals surface area contributed by atoms with Crippen LogP contribution in [-0.4, -0.2) is 155 Å². The van der Waals surface area contributed by atoms with Crippen molar-refractivity contribution in [2.45, 2.75) is 146 Å². The lowest BCUT2D eigenvalue weighted by molar-refractivity contribution is -0.137. The van der Waals surface area contributed by atoms with Crippen LogP contribution in [0.3, 0.4) is 0 Å². The molecule has 1 fully saturated rings. The number of hydrogen-bond donors (Lipinski definition) is 15. The molecule has 72 heavy (non-hydrogen) atoms. The Kier molecular flexibility index (Phi) is 27.4. The number of rotatable bonds is 22. The molecule has 0 unspecified atom stereocenters. The van der Waals surface area contributed by atoms with Crippen molar-refractivity contribution in [3.63, 3.8) is 0 Å². The van der Waals surface area contributed by atoms with Crippen LogP contribution in [0.5, 0.6) is 5.75 Å². The van der Waals surface area contributed by atoms with E-state index in [-0.39, 0.29) is 18.7 Å². The highest BCUT2D eigenvalue weighted by Crippen LogP contribution is 2.13. The summed E-state index contributed by atoms with van der Waals surface area (Å²) in [4.78, 5) is 158. The van der Waals surface area contributed by atoms with E-state index in [1.165, 1.54) is 37.1 Å². The number of benzene rings is 1. The predicted octanol–water partition coefficient (Wildman–Crippen LogP) is -5.50. The summed E-state index contributed by atoms with van der Waals surface area (Å²) in [5.74, 6) is -14.2. The van der Waals surface area contributed by atoms with Gasteiger partial charge in [0.15, 0.2) is 0 Å². The fourth-order valence-corrected chi connectivity index (χ4v) is 7.19. The topological polar surface area (TPSA) is 452 Å². The standard InChI is InChI=1S/C45H70N12O15/c1-2-3-4-5-6-7-8-9-10-11-16-49-39(66)31-21-37(64)52-32(23-58)44(71)53-27(17-25-12-14-26(60)15-13-25)41(68)54-28(18-34(46)61)40(67)50-22-38(65)51-29(19-35(47)62)42(69)57-33(24-59)45(72)55-30(20-36(48)63)43(70)56-31/h12-15,27-33,58-60H,2-11,16-24H2,1H3,(H2,46,61)(H2,47,62)(H2,48,63)(H,49,66)(H,50,67)(H,51,65)(H,52,64)(H,53,71)(H,54,68)(H,55,72)(H,56,70)(H,57,69)/t27-,28-,29+,30+,31+,32-,33-/m1/s1. The van der Waals surface area contributed by atoms with E-state index < -0.39 is 159 Å². The summed E-state index contributed by atoms with van der Waals surface area (Å²) >= 11 is 0. The molecule has 1 heterocycles. The van der Waals surface area contributed by atoms with E-state index in [0.29, 0.717) is 12.0 Å². The highest BCUT2D eigenvalue weighted by molar-refractivity contribution is 6.00. The van der Waals surface area contributed by atoms with Crippen LogP contribution in [0.1, 0.15) is 102 Å². The molecule has 0 spiro atoms. The molecule has 1 saturated heterocycles. The van der Waals surface area contributed by atoms with Crippen molar-refractivity contribution < 1.29 is 72.9 Å². The Balaban J connectivity index is 2.58. The van der Waals surface area contributed by atoms with Gasteiger partial charge in [0.2, 0.25) is 70.9 Å². The van der Waals surface area contributed by atoms with E-state index in [9.17, 15) is 72.9 Å². The molecule has 1 aliphatic rings. The molecule has 400 valence electrons. The van der Waals surface area contributed by atoms with Crippen molar-refractivity contribution in [3.8, 4) is 5.75 Å². The van der Waals surface area contributed by atoms with Crippen molar-refractivity contribution in [1.82, 2.24) is 47.9 Å². The first-order valence-electron chi connectivity index (χ1n) is 23.7. The second kappa shape index (κ2) is 32.5. The number of amides is 12. The number of phenols is 1. The van der Waals surface area contributed by atoms with Crippen molar-refractivity contribution in [3.05, 3.63) is 29.8 Å². The largest absolute Gasteiger partial charge is 0.508 e. The zero-order chi connectivity index (χ0) is 53.8. The van der Waals surface area contributed by atoms with E-state index in [2.05, 4.69) is 54.8 Å². The highest BCUT2D eigenvalue weighted by Gasteiger charge is 2.35. The Morgan fingerprint density at radius 1 is 0.528 bits per heavy atom. The molecule has 0 bridgehead atoms. The van der Waals surface area contributed by atoms with Crippen molar-refractivity contribution in [2.75, 3.05) is 26.3 Å². The number of carbonyl (C=O) groups excluding carboxylic acids is 12. The summed E-state index contributed by atoms with van der Waals surface area (Å²) in [5, 5.41) is 50.3. The predicted molar refractivity (Wildman–Crippen MR) is 253 cm³/mol. The first-order chi connectivity index (χ1) is 34.2. The van der Waals surface area contributed by atoms with Gasteiger partial charge in [-0.15, -0.1) is 0 Å². The van der Waals surface area contributed by atoms with E-state index in [0.717, 1.165) is 44.9 Å². The SMILES string of the molecule is CCCCCCCCCCCCNC(=O)[C@@H]1CC(=O)N[C@H](CO)C(=O)N[C@H](Cc2ccc(O)cc2)C(=O)N[C@H](CC(N)=O)C(=O)NCC(=O)N[C@@H](CC(N)=O)C(=O)N[C@H](CO)C(=O)N[C@@H](CC(N)=O)C(=O)N1. The van der Waals surface area contributed by atoms with Gasteiger partial charge in [-0.2, -0.15) is 0 Å². The molecule has 27 heteroatoms. The van der Waals surface area contributed by atoms with Gasteiger partial charge in [0.25, 0.3) is 0 Å². The molecule has 1 aromatic carbocycles. The Bertz CT molecular complexity index is 2060. The maximum Gasteiger partial charge on any atom is 0.245 e. The van der Waals surface area contributed by atoms with Crippen LogP contribution < -0.4 is 65.1 Å². The Morgan fingerprint density at radius 2 is 0.931 bits per heavy atom. The molecule has 0 saturated carbocycles. The third-order valence-corrected chi connectivity index (χ3v) is 11.1. The zero-order valence-corrected chi connectivity index (χ0v) is 40.3. The summed E-state index contributed by atoms with van der Waals surface area (Å²) in [6.07, 6.45) is 5.91. The van der Waals surface area contributed by atoms with Gasteiger partial charge in [-0.05, 0) is 24.1 Å². The third-order valence-electron chi connectivity index (χ3n) is 11.1. The molecule has 7 atom stereocenters. The lowest BCUT2D eigenvalue weighted by Crippen LogP contribution is -2.60. The molecular weight excluding hydrogens is 949 g/mol. The average molecular weight is 1020 g/mol. The Morgan fingerprint density at radius 3 is 1.44 bits per heavy atom. The molecule has 2 rings (SSSR count). The number of nitrogens with two attached hydrogens (primary N) is 3. The number of phenolic OH excluding ortho intramolecular Hbond substituents is 1. The summed E-state index contributed by atoms with van der Waals surface area (Å²) in [5.41, 5.74) is 16.3. The van der Waals surface area contributed by atoms with Crippen LogP contribution in [0.2, 0.25) is 0 Å². The van der Waals surface area contributed by atoms with Crippen LogP contribution in [0.25, 0.3) is 0 Å². The number of aromatic hydroxyl groups is 1. The summed E-state index contributed by atoms with van der Waals surface area (Å²) in [7, 11) is 0. The van der Waals surface area contributed by atoms with Crippen molar-refractivity contribution in [1.29, 1.82) is 0 Å². The fourth-order valence-electron chi connectivity index (χ4n) is 7.19. The number of aliphatic hydroxyl groups excluding tert-OH is 2. The minimum absolute atomic E-state index is 0.0912. The van der Waals surface area contributed by atoms with Gasteiger partial charge in [0.05, 0.1) is 45.4 Å². The molecule has 18 N–H and O–H groups in total. The lowest BCUT2D eigenvalue weighted by Gasteiger charge is -2.26. The summed E-state index contributed by atoms with van der Waals surface area (Å²) in [6.45, 7) is -1.03. The van der Waals surface area contributed by atoms with E-state index in [1.54, 1.807) is 0 Å². The van der Waals surface area contributed by atoms with Gasteiger partial charge in [-0.1, -0.05) is 76.8 Å². The third kappa shape index (κ3) is 23.5. The quantitative estimate of drug-likeness (QED) is 0.0482. The van der Waals surface area contributed by atoms with E-state index in [1.807, 2.05) is 0 Å². The maximum absolute atomic E-state index is 13.9. The fraction of sp³-hybridized carbons (Fsp3) is 0.600. The van der Waals surface area contributed by atoms with Gasteiger partial charge in [-0.25, -0.2) is 0 Å². The number of aliphatic hydroxyl groups is 2. The molecule has 12 amide bonds. The average Bonchev–Trinajstić information content (AvgIpc) is 3.31. The molecule has 27 nitrogen and oxygen atoms in total. The van der Waals surface area contributed by atoms with Crippen LogP contribution in [-0.2, 0) is 64.0 Å². The molecule has 1 aromatic rings. The van der Waals surface area contributed by atoms with Crippen LogP contribution >= 0.6 is 0 Å². The van der Waals surface area contributed by atoms with Crippen LogP contribution in [0.15, 0.2) is 24.3 Å². The minimum Gasteiger partial charge on any atom is -0.508 e. The molecule has 1 aliphatic heterocycles.